The SMILES string of the molecule is O=C(NC1CCCNC1)c1cc2cc(Cl)ccc2[nH]1. The maximum absolute atomic E-state index is 12.2. The molecule has 1 saturated heterocycles. The van der Waals surface area contributed by atoms with E-state index in [2.05, 4.69) is 15.6 Å². The molecule has 1 aliphatic rings. The van der Waals surface area contributed by atoms with Crippen molar-refractivity contribution in [2.24, 2.45) is 0 Å². The standard InChI is InChI=1S/C14H16ClN3O/c15-10-3-4-12-9(6-10)7-13(18-12)14(19)17-11-2-1-5-16-8-11/h3-4,6-7,11,16,18H,1-2,5,8H2,(H,17,19). The first-order valence-electron chi connectivity index (χ1n) is 6.52. The highest BCUT2D eigenvalue weighted by Gasteiger charge is 2.17. The zero-order valence-electron chi connectivity index (χ0n) is 10.5. The molecule has 3 N–H and O–H groups in total. The molecular formula is C14H16ClN3O. The lowest BCUT2D eigenvalue weighted by atomic mass is 10.1. The molecule has 2 heterocycles. The normalized spacial score (nSPS) is 19.5. The highest BCUT2D eigenvalue weighted by Crippen LogP contribution is 2.20. The maximum Gasteiger partial charge on any atom is 0.267 e. The molecule has 4 nitrogen and oxygen atoms in total. The number of fused-ring (bicyclic) bond motifs is 1. The Bertz CT molecular complexity index is 602. The number of hydrogen-bond acceptors (Lipinski definition) is 2. The van der Waals surface area contributed by atoms with E-state index in [1.807, 2.05) is 24.3 Å². The van der Waals surface area contributed by atoms with Gasteiger partial charge in [0.2, 0.25) is 0 Å². The summed E-state index contributed by atoms with van der Waals surface area (Å²) in [4.78, 5) is 15.3. The van der Waals surface area contributed by atoms with E-state index in [0.717, 1.165) is 36.8 Å². The van der Waals surface area contributed by atoms with Crippen molar-refractivity contribution in [1.29, 1.82) is 0 Å². The Morgan fingerprint density at radius 2 is 2.26 bits per heavy atom. The van der Waals surface area contributed by atoms with Crippen LogP contribution in [0.4, 0.5) is 0 Å². The molecule has 0 aliphatic carbocycles. The molecule has 100 valence electrons. The summed E-state index contributed by atoms with van der Waals surface area (Å²) in [7, 11) is 0. The van der Waals surface area contributed by atoms with Crippen LogP contribution in [-0.2, 0) is 0 Å². The number of benzene rings is 1. The van der Waals surface area contributed by atoms with Crippen molar-refractivity contribution < 1.29 is 4.79 Å². The van der Waals surface area contributed by atoms with Crippen LogP contribution in [0.5, 0.6) is 0 Å². The number of halogens is 1. The van der Waals surface area contributed by atoms with Gasteiger partial charge in [-0.05, 0) is 43.7 Å². The number of nitrogens with one attached hydrogen (secondary N) is 3. The average Bonchev–Trinajstić information content (AvgIpc) is 2.83. The second kappa shape index (κ2) is 5.23. The summed E-state index contributed by atoms with van der Waals surface area (Å²) in [6.45, 7) is 1.88. The zero-order valence-corrected chi connectivity index (χ0v) is 11.3. The molecule has 3 rings (SSSR count). The first-order chi connectivity index (χ1) is 9.22. The first kappa shape index (κ1) is 12.5. The summed E-state index contributed by atoms with van der Waals surface area (Å²) in [6.07, 6.45) is 2.14. The number of amides is 1. The number of carbonyl (C=O) groups is 1. The third-order valence-corrected chi connectivity index (χ3v) is 3.69. The van der Waals surface area contributed by atoms with Crippen LogP contribution >= 0.6 is 11.6 Å². The third-order valence-electron chi connectivity index (χ3n) is 3.46. The number of piperidine rings is 1. The lowest BCUT2D eigenvalue weighted by molar-refractivity contribution is 0.0926. The molecule has 0 saturated carbocycles. The van der Waals surface area contributed by atoms with Gasteiger partial charge in [0.25, 0.3) is 5.91 Å². The minimum atomic E-state index is -0.0546. The number of rotatable bonds is 2. The first-order valence-corrected chi connectivity index (χ1v) is 6.90. The van der Waals surface area contributed by atoms with Gasteiger partial charge in [-0.1, -0.05) is 11.6 Å². The molecule has 19 heavy (non-hydrogen) atoms. The molecular weight excluding hydrogens is 262 g/mol. The Morgan fingerprint density at radius 3 is 3.05 bits per heavy atom. The van der Waals surface area contributed by atoms with Crippen LogP contribution in [0.3, 0.4) is 0 Å². The van der Waals surface area contributed by atoms with Gasteiger partial charge in [-0.25, -0.2) is 0 Å². The summed E-state index contributed by atoms with van der Waals surface area (Å²) >= 11 is 5.94. The smallest absolute Gasteiger partial charge is 0.267 e. The summed E-state index contributed by atoms with van der Waals surface area (Å²) in [5, 5.41) is 7.96. The topological polar surface area (TPSA) is 56.9 Å². The molecule has 1 aromatic carbocycles. The van der Waals surface area contributed by atoms with E-state index < -0.39 is 0 Å². The molecule has 2 aromatic rings. The Hall–Kier alpha value is -1.52. The van der Waals surface area contributed by atoms with Crippen molar-refractivity contribution in [3.05, 3.63) is 35.0 Å². The predicted octanol–water partition coefficient (Wildman–Crippen LogP) is 2.30. The van der Waals surface area contributed by atoms with Crippen molar-refractivity contribution in [2.75, 3.05) is 13.1 Å². The van der Waals surface area contributed by atoms with Gasteiger partial charge in [-0.15, -0.1) is 0 Å². The van der Waals surface area contributed by atoms with E-state index in [1.54, 1.807) is 0 Å². The fraction of sp³-hybridized carbons (Fsp3) is 0.357. The Kier molecular flexibility index (Phi) is 3.44. The molecule has 1 atom stereocenters. The zero-order chi connectivity index (χ0) is 13.2. The van der Waals surface area contributed by atoms with Crippen molar-refractivity contribution in [1.82, 2.24) is 15.6 Å². The third kappa shape index (κ3) is 2.74. The Balaban J connectivity index is 1.77. The Labute approximate surface area is 116 Å². The lowest BCUT2D eigenvalue weighted by Gasteiger charge is -2.23. The van der Waals surface area contributed by atoms with Crippen LogP contribution in [0.2, 0.25) is 5.02 Å². The van der Waals surface area contributed by atoms with Gasteiger partial charge in [0.15, 0.2) is 0 Å². The fourth-order valence-corrected chi connectivity index (χ4v) is 2.64. The van der Waals surface area contributed by atoms with Gasteiger partial charge in [0.1, 0.15) is 5.69 Å². The number of hydrogen-bond donors (Lipinski definition) is 3. The molecule has 1 amide bonds. The highest BCUT2D eigenvalue weighted by molar-refractivity contribution is 6.31. The van der Waals surface area contributed by atoms with E-state index in [4.69, 9.17) is 11.6 Å². The average molecular weight is 278 g/mol. The second-order valence-electron chi connectivity index (χ2n) is 4.93. The summed E-state index contributed by atoms with van der Waals surface area (Å²) < 4.78 is 0. The van der Waals surface area contributed by atoms with Gasteiger partial charge in [-0.3, -0.25) is 4.79 Å². The second-order valence-corrected chi connectivity index (χ2v) is 5.37. The van der Waals surface area contributed by atoms with Crippen LogP contribution in [0.1, 0.15) is 23.3 Å². The monoisotopic (exact) mass is 277 g/mol. The highest BCUT2D eigenvalue weighted by atomic mass is 35.5. The van der Waals surface area contributed by atoms with E-state index >= 15 is 0 Å². The molecule has 1 aliphatic heterocycles. The van der Waals surface area contributed by atoms with Crippen LogP contribution in [-0.4, -0.2) is 30.0 Å². The number of H-pyrrole nitrogens is 1. The number of carbonyl (C=O) groups excluding carboxylic acids is 1. The molecule has 1 unspecified atom stereocenters. The summed E-state index contributed by atoms with van der Waals surface area (Å²) in [5.74, 6) is -0.0546. The molecule has 1 fully saturated rings. The number of aromatic amines is 1. The van der Waals surface area contributed by atoms with Crippen molar-refractivity contribution in [3.8, 4) is 0 Å². The molecule has 0 radical (unpaired) electrons. The molecule has 0 bridgehead atoms. The maximum atomic E-state index is 12.2. The van der Waals surface area contributed by atoms with Gasteiger partial charge >= 0.3 is 0 Å². The van der Waals surface area contributed by atoms with Crippen LogP contribution < -0.4 is 10.6 Å². The molecule has 0 spiro atoms. The number of aromatic nitrogens is 1. The van der Waals surface area contributed by atoms with Crippen LogP contribution in [0.25, 0.3) is 10.9 Å². The van der Waals surface area contributed by atoms with E-state index in [-0.39, 0.29) is 11.9 Å². The molecule has 5 heteroatoms. The van der Waals surface area contributed by atoms with Crippen LogP contribution in [0, 0.1) is 0 Å². The molecule has 1 aromatic heterocycles. The lowest BCUT2D eigenvalue weighted by Crippen LogP contribution is -2.45. The van der Waals surface area contributed by atoms with E-state index in [9.17, 15) is 4.79 Å². The summed E-state index contributed by atoms with van der Waals surface area (Å²) in [6, 6.07) is 7.61. The van der Waals surface area contributed by atoms with Gasteiger partial charge in [0.05, 0.1) is 0 Å². The van der Waals surface area contributed by atoms with E-state index in [1.165, 1.54) is 0 Å². The predicted molar refractivity (Wildman–Crippen MR) is 76.7 cm³/mol. The Morgan fingerprint density at radius 1 is 1.37 bits per heavy atom. The van der Waals surface area contributed by atoms with Crippen molar-refractivity contribution >= 4 is 28.4 Å². The van der Waals surface area contributed by atoms with Crippen molar-refractivity contribution in [2.45, 2.75) is 18.9 Å². The minimum Gasteiger partial charge on any atom is -0.351 e. The van der Waals surface area contributed by atoms with Crippen LogP contribution in [0.15, 0.2) is 24.3 Å². The fourth-order valence-electron chi connectivity index (χ4n) is 2.46. The minimum absolute atomic E-state index is 0.0546. The van der Waals surface area contributed by atoms with E-state index in [0.29, 0.717) is 10.7 Å². The van der Waals surface area contributed by atoms with Crippen molar-refractivity contribution in [3.63, 3.8) is 0 Å². The summed E-state index contributed by atoms with van der Waals surface area (Å²) in [5.41, 5.74) is 1.51. The van der Waals surface area contributed by atoms with Gasteiger partial charge in [-0.2, -0.15) is 0 Å². The quantitative estimate of drug-likeness (QED) is 0.789. The van der Waals surface area contributed by atoms with Gasteiger partial charge < -0.3 is 15.6 Å². The van der Waals surface area contributed by atoms with Gasteiger partial charge in [0, 0.05) is 28.5 Å². The largest absolute Gasteiger partial charge is 0.351 e.